The van der Waals surface area contributed by atoms with Crippen LogP contribution in [0.2, 0.25) is 0 Å². The number of rotatable bonds is 3. The van der Waals surface area contributed by atoms with Crippen LogP contribution in [-0.2, 0) is 0 Å². The lowest BCUT2D eigenvalue weighted by Gasteiger charge is -2.07. The molecule has 0 saturated heterocycles. The fourth-order valence-corrected chi connectivity index (χ4v) is 2.87. The maximum Gasteiger partial charge on any atom is 0.161 e. The van der Waals surface area contributed by atoms with E-state index in [1.165, 1.54) is 7.11 Å². The Balaban J connectivity index is 1.90. The highest BCUT2D eigenvalue weighted by atomic mass is 16.5. The van der Waals surface area contributed by atoms with Crippen LogP contribution in [0, 0.1) is 0 Å². The number of aliphatic imine (C=N–C) groups is 1. The van der Waals surface area contributed by atoms with Crippen LogP contribution in [0.15, 0.2) is 71.7 Å². The summed E-state index contributed by atoms with van der Waals surface area (Å²) in [5.74, 6) is 0.535. The molecule has 4 aromatic rings. The van der Waals surface area contributed by atoms with Gasteiger partial charge in [0.15, 0.2) is 11.5 Å². The average molecular weight is 328 g/mol. The number of nitrogens with zero attached hydrogens (tertiary/aromatic N) is 2. The van der Waals surface area contributed by atoms with Gasteiger partial charge in [-0.05, 0) is 35.9 Å². The number of methoxy groups -OCH3 is 1. The average Bonchev–Trinajstić information content (AvgIpc) is 2.66. The number of ether oxygens (including phenoxy) is 1. The van der Waals surface area contributed by atoms with Crippen LogP contribution in [0.5, 0.6) is 11.5 Å². The Kier molecular flexibility index (Phi) is 3.78. The van der Waals surface area contributed by atoms with E-state index in [9.17, 15) is 5.11 Å². The van der Waals surface area contributed by atoms with Crippen molar-refractivity contribution in [3.05, 3.63) is 72.3 Å². The molecule has 0 atom stereocenters. The van der Waals surface area contributed by atoms with Crippen LogP contribution in [0.25, 0.3) is 21.8 Å². The Hall–Kier alpha value is -3.40. The van der Waals surface area contributed by atoms with E-state index >= 15 is 0 Å². The maximum absolute atomic E-state index is 9.73. The SMILES string of the molecule is COc1cc(C=Nc2c3ccccc3nc3ccccc23)ccc1O. The first-order valence-electron chi connectivity index (χ1n) is 7.95. The zero-order valence-electron chi connectivity index (χ0n) is 13.7. The number of phenolic OH excluding ortho intramolecular Hbond substituents is 1. The van der Waals surface area contributed by atoms with E-state index in [0.717, 1.165) is 33.1 Å². The number of aromatic hydroxyl groups is 1. The molecule has 1 N–H and O–H groups in total. The number of fused-ring (bicyclic) bond motifs is 2. The third-order valence-corrected chi connectivity index (χ3v) is 4.11. The summed E-state index contributed by atoms with van der Waals surface area (Å²) >= 11 is 0. The van der Waals surface area contributed by atoms with Gasteiger partial charge in [0.05, 0.1) is 23.8 Å². The van der Waals surface area contributed by atoms with Gasteiger partial charge in [-0.25, -0.2) is 4.98 Å². The number of benzene rings is 3. The van der Waals surface area contributed by atoms with Crippen molar-refractivity contribution in [3.8, 4) is 11.5 Å². The summed E-state index contributed by atoms with van der Waals surface area (Å²) in [5.41, 5.74) is 3.56. The number of para-hydroxylation sites is 2. The molecule has 122 valence electrons. The lowest BCUT2D eigenvalue weighted by Crippen LogP contribution is -1.88. The predicted octanol–water partition coefficient (Wildman–Crippen LogP) is 4.85. The Morgan fingerprint density at radius 2 is 1.56 bits per heavy atom. The van der Waals surface area contributed by atoms with Crippen LogP contribution in [0.1, 0.15) is 5.56 Å². The molecule has 0 aliphatic rings. The number of hydrogen-bond donors (Lipinski definition) is 1. The van der Waals surface area contributed by atoms with Gasteiger partial charge >= 0.3 is 0 Å². The molecule has 0 amide bonds. The fraction of sp³-hybridized carbons (Fsp3) is 0.0476. The van der Waals surface area contributed by atoms with Gasteiger partial charge in [0.25, 0.3) is 0 Å². The molecule has 1 aromatic heterocycles. The van der Waals surface area contributed by atoms with Gasteiger partial charge in [-0.3, -0.25) is 4.99 Å². The van der Waals surface area contributed by atoms with E-state index in [2.05, 4.69) is 0 Å². The highest BCUT2D eigenvalue weighted by Gasteiger charge is 2.07. The van der Waals surface area contributed by atoms with Crippen molar-refractivity contribution in [2.75, 3.05) is 7.11 Å². The van der Waals surface area contributed by atoms with Crippen LogP contribution >= 0.6 is 0 Å². The smallest absolute Gasteiger partial charge is 0.161 e. The second kappa shape index (κ2) is 6.24. The first-order chi connectivity index (χ1) is 12.3. The Morgan fingerprint density at radius 3 is 2.20 bits per heavy atom. The predicted molar refractivity (Wildman–Crippen MR) is 101 cm³/mol. The van der Waals surface area contributed by atoms with Gasteiger partial charge in [-0.1, -0.05) is 36.4 Å². The Labute approximate surface area is 145 Å². The third kappa shape index (κ3) is 2.78. The van der Waals surface area contributed by atoms with Crippen LogP contribution in [0.3, 0.4) is 0 Å². The molecule has 4 rings (SSSR count). The molecule has 4 nitrogen and oxygen atoms in total. The van der Waals surface area contributed by atoms with Gasteiger partial charge in [-0.2, -0.15) is 0 Å². The second-order valence-electron chi connectivity index (χ2n) is 5.68. The van der Waals surface area contributed by atoms with E-state index < -0.39 is 0 Å². The first kappa shape index (κ1) is 15.1. The molecule has 25 heavy (non-hydrogen) atoms. The molecule has 0 radical (unpaired) electrons. The fourth-order valence-electron chi connectivity index (χ4n) is 2.87. The van der Waals surface area contributed by atoms with Crippen LogP contribution in [-0.4, -0.2) is 23.4 Å². The van der Waals surface area contributed by atoms with Crippen molar-refractivity contribution in [1.29, 1.82) is 0 Å². The number of phenols is 1. The summed E-state index contributed by atoms with van der Waals surface area (Å²) in [7, 11) is 1.53. The topological polar surface area (TPSA) is 54.7 Å². The van der Waals surface area contributed by atoms with Crippen molar-refractivity contribution in [2.45, 2.75) is 0 Å². The van der Waals surface area contributed by atoms with Crippen molar-refractivity contribution < 1.29 is 9.84 Å². The van der Waals surface area contributed by atoms with Crippen molar-refractivity contribution in [1.82, 2.24) is 4.98 Å². The van der Waals surface area contributed by atoms with E-state index in [1.807, 2.05) is 48.5 Å². The Bertz CT molecular complexity index is 1050. The zero-order chi connectivity index (χ0) is 17.2. The molecule has 3 aromatic carbocycles. The summed E-state index contributed by atoms with van der Waals surface area (Å²) in [6.45, 7) is 0. The van der Waals surface area contributed by atoms with E-state index in [4.69, 9.17) is 14.7 Å². The lowest BCUT2D eigenvalue weighted by atomic mass is 10.1. The molecule has 0 unspecified atom stereocenters. The van der Waals surface area contributed by atoms with Gasteiger partial charge in [-0.15, -0.1) is 0 Å². The standard InChI is InChI=1S/C21H16N2O2/c1-25-20-12-14(10-11-19(20)24)13-22-21-15-6-2-4-8-17(15)23-18-9-5-3-7-16(18)21/h2-13,24H,1H3. The van der Waals surface area contributed by atoms with Crippen LogP contribution in [0.4, 0.5) is 5.69 Å². The number of aromatic nitrogens is 1. The third-order valence-electron chi connectivity index (χ3n) is 4.11. The monoisotopic (exact) mass is 328 g/mol. The van der Waals surface area contributed by atoms with Crippen molar-refractivity contribution in [2.24, 2.45) is 4.99 Å². The normalized spacial score (nSPS) is 11.4. The molecule has 1 heterocycles. The molecule has 0 saturated carbocycles. The summed E-state index contributed by atoms with van der Waals surface area (Å²) in [4.78, 5) is 9.44. The van der Waals surface area contributed by atoms with E-state index in [-0.39, 0.29) is 5.75 Å². The lowest BCUT2D eigenvalue weighted by molar-refractivity contribution is 0.373. The summed E-state index contributed by atoms with van der Waals surface area (Å²) in [5, 5.41) is 11.7. The van der Waals surface area contributed by atoms with E-state index in [1.54, 1.807) is 24.4 Å². The zero-order valence-corrected chi connectivity index (χ0v) is 13.7. The second-order valence-corrected chi connectivity index (χ2v) is 5.68. The highest BCUT2D eigenvalue weighted by molar-refractivity contribution is 6.07. The van der Waals surface area contributed by atoms with Gasteiger partial charge in [0, 0.05) is 17.0 Å². The summed E-state index contributed by atoms with van der Waals surface area (Å²) < 4.78 is 5.16. The maximum atomic E-state index is 9.73. The Morgan fingerprint density at radius 1 is 0.920 bits per heavy atom. The van der Waals surface area contributed by atoms with Gasteiger partial charge in [0.1, 0.15) is 0 Å². The first-order valence-corrected chi connectivity index (χ1v) is 7.95. The summed E-state index contributed by atoms with van der Waals surface area (Å²) in [6, 6.07) is 21.1. The van der Waals surface area contributed by atoms with Crippen molar-refractivity contribution >= 4 is 33.7 Å². The number of hydrogen-bond acceptors (Lipinski definition) is 4. The molecule has 0 spiro atoms. The minimum absolute atomic E-state index is 0.111. The van der Waals surface area contributed by atoms with E-state index in [0.29, 0.717) is 5.75 Å². The molecular weight excluding hydrogens is 312 g/mol. The molecule has 0 fully saturated rings. The minimum Gasteiger partial charge on any atom is -0.504 e. The highest BCUT2D eigenvalue weighted by Crippen LogP contribution is 2.33. The molecule has 0 bridgehead atoms. The quantitative estimate of drug-likeness (QED) is 0.432. The molecule has 0 aliphatic carbocycles. The van der Waals surface area contributed by atoms with Crippen LogP contribution < -0.4 is 4.74 Å². The van der Waals surface area contributed by atoms with Gasteiger partial charge in [0.2, 0.25) is 0 Å². The summed E-state index contributed by atoms with van der Waals surface area (Å²) in [6.07, 6.45) is 1.77. The molecular formula is C21H16N2O2. The number of pyridine rings is 1. The molecule has 4 heteroatoms. The minimum atomic E-state index is 0.111. The largest absolute Gasteiger partial charge is 0.504 e. The van der Waals surface area contributed by atoms with Gasteiger partial charge < -0.3 is 9.84 Å². The van der Waals surface area contributed by atoms with Crippen molar-refractivity contribution in [3.63, 3.8) is 0 Å². The molecule has 0 aliphatic heterocycles.